The number of nitrogens with two attached hydrogens (primary N) is 1. The van der Waals surface area contributed by atoms with E-state index in [0.717, 1.165) is 11.1 Å². The average Bonchev–Trinajstić information content (AvgIpc) is 2.39. The van der Waals surface area contributed by atoms with Crippen molar-refractivity contribution in [2.75, 3.05) is 0 Å². The van der Waals surface area contributed by atoms with E-state index in [2.05, 4.69) is 10.9 Å². The highest BCUT2D eigenvalue weighted by Crippen LogP contribution is 2.22. The maximum absolute atomic E-state index is 8.69. The first-order valence-corrected chi connectivity index (χ1v) is 4.81. The second-order valence-corrected chi connectivity index (χ2v) is 3.33. The van der Waals surface area contributed by atoms with Crippen LogP contribution in [0.5, 0.6) is 5.75 Å². The van der Waals surface area contributed by atoms with Gasteiger partial charge in [0.2, 0.25) is 0 Å². The van der Waals surface area contributed by atoms with Crippen LogP contribution in [0.4, 0.5) is 0 Å². The standard InChI is InChI=1S/C13H10N2O/c14-9-10-1-3-11(4-2-10)12-5-7-13(16-15)8-6-12/h1-8H,15H2. The minimum atomic E-state index is 0.623. The highest BCUT2D eigenvalue weighted by atomic mass is 16.6. The maximum atomic E-state index is 8.69. The minimum Gasteiger partial charge on any atom is -0.412 e. The predicted octanol–water partition coefficient (Wildman–Crippen LogP) is 2.48. The normalized spacial score (nSPS) is 9.50. The molecule has 2 aromatic carbocycles. The van der Waals surface area contributed by atoms with E-state index in [0.29, 0.717) is 11.3 Å². The Morgan fingerprint density at radius 1 is 0.875 bits per heavy atom. The zero-order chi connectivity index (χ0) is 11.4. The second kappa shape index (κ2) is 4.47. The van der Waals surface area contributed by atoms with E-state index in [9.17, 15) is 0 Å². The van der Waals surface area contributed by atoms with Crippen LogP contribution >= 0.6 is 0 Å². The Morgan fingerprint density at radius 2 is 1.38 bits per heavy atom. The van der Waals surface area contributed by atoms with Crippen molar-refractivity contribution in [1.82, 2.24) is 0 Å². The zero-order valence-electron chi connectivity index (χ0n) is 8.55. The molecule has 0 amide bonds. The molecule has 0 radical (unpaired) electrons. The van der Waals surface area contributed by atoms with Gasteiger partial charge in [-0.05, 0) is 35.4 Å². The van der Waals surface area contributed by atoms with Gasteiger partial charge < -0.3 is 4.84 Å². The van der Waals surface area contributed by atoms with E-state index < -0.39 is 0 Å². The molecule has 0 aliphatic carbocycles. The first-order valence-electron chi connectivity index (χ1n) is 4.81. The van der Waals surface area contributed by atoms with Crippen molar-refractivity contribution in [3.8, 4) is 22.9 Å². The monoisotopic (exact) mass is 210 g/mol. The molecular formula is C13H10N2O. The van der Waals surface area contributed by atoms with E-state index in [-0.39, 0.29) is 0 Å². The Kier molecular flexibility index (Phi) is 2.86. The zero-order valence-corrected chi connectivity index (χ0v) is 8.55. The van der Waals surface area contributed by atoms with E-state index in [1.165, 1.54) is 0 Å². The van der Waals surface area contributed by atoms with Gasteiger partial charge in [0, 0.05) is 0 Å². The summed E-state index contributed by atoms with van der Waals surface area (Å²) in [5.41, 5.74) is 2.78. The molecule has 0 bridgehead atoms. The van der Waals surface area contributed by atoms with Crippen LogP contribution in [0.1, 0.15) is 5.56 Å². The lowest BCUT2D eigenvalue weighted by atomic mass is 10.0. The van der Waals surface area contributed by atoms with Crippen LogP contribution in [0.15, 0.2) is 48.5 Å². The van der Waals surface area contributed by atoms with Crippen molar-refractivity contribution >= 4 is 0 Å². The Balaban J connectivity index is 2.32. The molecule has 0 unspecified atom stereocenters. The van der Waals surface area contributed by atoms with Gasteiger partial charge in [0.1, 0.15) is 5.75 Å². The Hall–Kier alpha value is -2.31. The molecule has 16 heavy (non-hydrogen) atoms. The van der Waals surface area contributed by atoms with Crippen molar-refractivity contribution in [1.29, 1.82) is 5.26 Å². The smallest absolute Gasteiger partial charge is 0.146 e. The lowest BCUT2D eigenvalue weighted by Gasteiger charge is -2.03. The first-order chi connectivity index (χ1) is 7.83. The van der Waals surface area contributed by atoms with Crippen molar-refractivity contribution in [3.63, 3.8) is 0 Å². The van der Waals surface area contributed by atoms with Crippen LogP contribution in [0.25, 0.3) is 11.1 Å². The lowest BCUT2D eigenvalue weighted by Crippen LogP contribution is -2.00. The second-order valence-electron chi connectivity index (χ2n) is 3.33. The van der Waals surface area contributed by atoms with Gasteiger partial charge in [-0.3, -0.25) is 0 Å². The highest BCUT2D eigenvalue weighted by Gasteiger charge is 1.98. The molecule has 0 aliphatic rings. The number of hydrogen-bond acceptors (Lipinski definition) is 3. The molecule has 3 heteroatoms. The summed E-state index contributed by atoms with van der Waals surface area (Å²) in [6.45, 7) is 0. The fourth-order valence-corrected chi connectivity index (χ4v) is 1.46. The van der Waals surface area contributed by atoms with Crippen LogP contribution in [-0.2, 0) is 0 Å². The molecule has 0 heterocycles. The summed E-state index contributed by atoms with van der Waals surface area (Å²) in [7, 11) is 0. The van der Waals surface area contributed by atoms with Gasteiger partial charge in [-0.2, -0.15) is 11.2 Å². The van der Waals surface area contributed by atoms with Crippen LogP contribution in [0, 0.1) is 11.3 Å². The largest absolute Gasteiger partial charge is 0.412 e. The number of benzene rings is 2. The summed E-state index contributed by atoms with van der Waals surface area (Å²) in [5.74, 6) is 5.66. The Bertz CT molecular complexity index is 509. The van der Waals surface area contributed by atoms with E-state index in [1.54, 1.807) is 24.3 Å². The third-order valence-electron chi connectivity index (χ3n) is 2.34. The molecule has 0 saturated carbocycles. The van der Waals surface area contributed by atoms with Gasteiger partial charge in [-0.15, -0.1) is 0 Å². The SMILES string of the molecule is N#Cc1ccc(-c2ccc(ON)cc2)cc1. The number of hydrogen-bond donors (Lipinski definition) is 1. The molecule has 0 saturated heterocycles. The van der Waals surface area contributed by atoms with E-state index in [4.69, 9.17) is 11.2 Å². The van der Waals surface area contributed by atoms with Gasteiger partial charge in [0.05, 0.1) is 11.6 Å². The fourth-order valence-electron chi connectivity index (χ4n) is 1.46. The third kappa shape index (κ3) is 2.02. The highest BCUT2D eigenvalue weighted by molar-refractivity contribution is 5.64. The summed E-state index contributed by atoms with van der Waals surface area (Å²) in [6.07, 6.45) is 0. The maximum Gasteiger partial charge on any atom is 0.146 e. The van der Waals surface area contributed by atoms with Gasteiger partial charge in [0.15, 0.2) is 0 Å². The molecule has 0 aliphatic heterocycles. The van der Waals surface area contributed by atoms with Crippen LogP contribution in [0.2, 0.25) is 0 Å². The number of nitriles is 1. The van der Waals surface area contributed by atoms with Crippen molar-refractivity contribution in [2.45, 2.75) is 0 Å². The molecule has 0 atom stereocenters. The summed E-state index contributed by atoms with van der Waals surface area (Å²) in [4.78, 5) is 4.60. The van der Waals surface area contributed by atoms with Gasteiger partial charge >= 0.3 is 0 Å². The molecule has 78 valence electrons. The Morgan fingerprint density at radius 3 is 1.81 bits per heavy atom. The molecule has 2 N–H and O–H groups in total. The predicted molar refractivity (Wildman–Crippen MR) is 61.4 cm³/mol. The average molecular weight is 210 g/mol. The molecule has 2 aromatic rings. The van der Waals surface area contributed by atoms with Crippen LogP contribution in [-0.4, -0.2) is 0 Å². The van der Waals surface area contributed by atoms with Gasteiger partial charge in [-0.25, -0.2) is 0 Å². The summed E-state index contributed by atoms with van der Waals surface area (Å²) < 4.78 is 0. The van der Waals surface area contributed by atoms with Crippen LogP contribution < -0.4 is 10.7 Å². The van der Waals surface area contributed by atoms with E-state index >= 15 is 0 Å². The van der Waals surface area contributed by atoms with Gasteiger partial charge in [-0.1, -0.05) is 24.3 Å². The molecule has 0 aromatic heterocycles. The summed E-state index contributed by atoms with van der Waals surface area (Å²) in [6, 6.07) is 16.9. The van der Waals surface area contributed by atoms with Gasteiger partial charge in [0.25, 0.3) is 0 Å². The lowest BCUT2D eigenvalue weighted by molar-refractivity contribution is 0.334. The summed E-state index contributed by atoms with van der Waals surface area (Å²) in [5, 5.41) is 8.69. The van der Waals surface area contributed by atoms with Crippen molar-refractivity contribution in [3.05, 3.63) is 54.1 Å². The third-order valence-corrected chi connectivity index (χ3v) is 2.34. The molecule has 0 spiro atoms. The van der Waals surface area contributed by atoms with Crippen LogP contribution in [0.3, 0.4) is 0 Å². The fraction of sp³-hybridized carbons (Fsp3) is 0. The van der Waals surface area contributed by atoms with Crippen molar-refractivity contribution < 1.29 is 4.84 Å². The van der Waals surface area contributed by atoms with E-state index in [1.807, 2.05) is 24.3 Å². The molecule has 2 rings (SSSR count). The molecular weight excluding hydrogens is 200 g/mol. The number of nitrogens with zero attached hydrogens (tertiary/aromatic N) is 1. The molecule has 0 fully saturated rings. The first kappa shape index (κ1) is 10.2. The summed E-state index contributed by atoms with van der Waals surface area (Å²) >= 11 is 0. The Labute approximate surface area is 93.7 Å². The molecule has 3 nitrogen and oxygen atoms in total. The number of rotatable bonds is 2. The topological polar surface area (TPSA) is 59.0 Å². The quantitative estimate of drug-likeness (QED) is 0.774. The minimum absolute atomic E-state index is 0.623. The van der Waals surface area contributed by atoms with Crippen molar-refractivity contribution in [2.24, 2.45) is 5.90 Å².